The minimum Gasteiger partial charge on any atom is -0.480 e. The number of aliphatic carboxylic acids is 1. The number of primary amides is 1. The smallest absolute Gasteiger partial charge is 0.326 e. The van der Waals surface area contributed by atoms with Crippen LogP contribution in [0.5, 0.6) is 0 Å². The molecule has 33 heavy (non-hydrogen) atoms. The van der Waals surface area contributed by atoms with Crippen molar-refractivity contribution in [2.24, 2.45) is 17.4 Å². The molecule has 0 aliphatic carbocycles. The van der Waals surface area contributed by atoms with Crippen molar-refractivity contribution in [2.75, 3.05) is 18.6 Å². The SMILES string of the molecule is CCC(C)C(NC(=O)C(N)CCSC)C(=O)NC(CCC(N)=O)C(=O)N1CCCC1C(=O)O. The Bertz CT molecular complexity index is 721. The van der Waals surface area contributed by atoms with Crippen LogP contribution in [0.1, 0.15) is 52.4 Å². The van der Waals surface area contributed by atoms with Crippen LogP contribution in [0, 0.1) is 5.92 Å². The van der Waals surface area contributed by atoms with Crippen molar-refractivity contribution in [3.63, 3.8) is 0 Å². The van der Waals surface area contributed by atoms with Gasteiger partial charge in [-0.15, -0.1) is 0 Å². The van der Waals surface area contributed by atoms with Crippen LogP contribution in [0.2, 0.25) is 0 Å². The van der Waals surface area contributed by atoms with Crippen LogP contribution in [0.25, 0.3) is 0 Å². The summed E-state index contributed by atoms with van der Waals surface area (Å²) in [5, 5.41) is 14.7. The number of nitrogens with two attached hydrogens (primary N) is 2. The first kappa shape index (κ1) is 28.7. The molecule has 11 nitrogen and oxygen atoms in total. The molecule has 1 saturated heterocycles. The van der Waals surface area contributed by atoms with E-state index in [1.807, 2.05) is 13.2 Å². The van der Waals surface area contributed by atoms with E-state index in [0.717, 1.165) is 0 Å². The number of carbonyl (C=O) groups is 5. The Morgan fingerprint density at radius 2 is 1.82 bits per heavy atom. The Morgan fingerprint density at radius 3 is 2.36 bits per heavy atom. The molecule has 0 aromatic rings. The largest absolute Gasteiger partial charge is 0.480 e. The zero-order valence-electron chi connectivity index (χ0n) is 19.5. The number of nitrogens with one attached hydrogen (secondary N) is 2. The summed E-state index contributed by atoms with van der Waals surface area (Å²) < 4.78 is 0. The lowest BCUT2D eigenvalue weighted by Gasteiger charge is -2.30. The van der Waals surface area contributed by atoms with E-state index in [2.05, 4.69) is 10.6 Å². The van der Waals surface area contributed by atoms with Gasteiger partial charge in [0.05, 0.1) is 6.04 Å². The summed E-state index contributed by atoms with van der Waals surface area (Å²) in [6, 6.07) is -3.84. The second-order valence-electron chi connectivity index (χ2n) is 8.35. The van der Waals surface area contributed by atoms with E-state index in [4.69, 9.17) is 11.5 Å². The fraction of sp³-hybridized carbons (Fsp3) is 0.762. The number of carboxylic acids is 1. The van der Waals surface area contributed by atoms with Crippen molar-refractivity contribution >= 4 is 41.4 Å². The molecule has 5 atom stereocenters. The van der Waals surface area contributed by atoms with Crippen LogP contribution in [0.4, 0.5) is 0 Å². The van der Waals surface area contributed by atoms with Gasteiger partial charge in [-0.25, -0.2) is 4.79 Å². The second kappa shape index (κ2) is 14.0. The molecular weight excluding hydrogens is 450 g/mol. The summed E-state index contributed by atoms with van der Waals surface area (Å²) in [6.45, 7) is 3.90. The molecule has 0 aromatic carbocycles. The van der Waals surface area contributed by atoms with E-state index in [0.29, 0.717) is 31.4 Å². The third kappa shape index (κ3) is 8.84. The standard InChI is InChI=1S/C21H37N5O6S/c1-4-12(2)17(25-18(28)13(22)9-11-33-3)19(29)24-14(7-8-16(23)27)20(30)26-10-5-6-15(26)21(31)32/h12-15,17H,4-11,22H2,1-3H3,(H2,23,27)(H,24,29)(H,25,28)(H,31,32). The number of carbonyl (C=O) groups excluding carboxylic acids is 4. The lowest BCUT2D eigenvalue weighted by molar-refractivity contribution is -0.149. The van der Waals surface area contributed by atoms with Gasteiger partial charge in [0.1, 0.15) is 18.1 Å². The fourth-order valence-corrected chi connectivity index (χ4v) is 4.12. The van der Waals surface area contributed by atoms with Crippen molar-refractivity contribution in [3.05, 3.63) is 0 Å². The maximum absolute atomic E-state index is 13.1. The van der Waals surface area contributed by atoms with Crippen LogP contribution in [0.3, 0.4) is 0 Å². The van der Waals surface area contributed by atoms with Gasteiger partial charge in [-0.2, -0.15) is 11.8 Å². The van der Waals surface area contributed by atoms with Gasteiger partial charge in [0.2, 0.25) is 23.6 Å². The summed E-state index contributed by atoms with van der Waals surface area (Å²) in [4.78, 5) is 62.8. The van der Waals surface area contributed by atoms with Crippen LogP contribution >= 0.6 is 11.8 Å². The van der Waals surface area contributed by atoms with Crippen LogP contribution in [0.15, 0.2) is 0 Å². The Morgan fingerprint density at radius 1 is 1.15 bits per heavy atom. The molecule has 1 aliphatic rings. The molecule has 4 amide bonds. The monoisotopic (exact) mass is 487 g/mol. The minimum atomic E-state index is -1.14. The predicted molar refractivity (Wildman–Crippen MR) is 125 cm³/mol. The fourth-order valence-electron chi connectivity index (χ4n) is 3.63. The molecule has 12 heteroatoms. The Labute approximate surface area is 198 Å². The number of rotatable bonds is 14. The van der Waals surface area contributed by atoms with Gasteiger partial charge in [0, 0.05) is 13.0 Å². The molecule has 0 aromatic heterocycles. The number of nitrogens with zero attached hydrogens (tertiary/aromatic N) is 1. The van der Waals surface area contributed by atoms with Gasteiger partial charge in [0.25, 0.3) is 0 Å². The van der Waals surface area contributed by atoms with Crippen molar-refractivity contribution in [1.29, 1.82) is 0 Å². The van der Waals surface area contributed by atoms with E-state index in [-0.39, 0.29) is 25.3 Å². The second-order valence-corrected chi connectivity index (χ2v) is 9.34. The molecule has 7 N–H and O–H groups in total. The highest BCUT2D eigenvalue weighted by Gasteiger charge is 2.39. The van der Waals surface area contributed by atoms with E-state index in [9.17, 15) is 29.1 Å². The average molecular weight is 488 g/mol. The van der Waals surface area contributed by atoms with Crippen molar-refractivity contribution in [1.82, 2.24) is 15.5 Å². The topological polar surface area (TPSA) is 185 Å². The molecule has 1 rings (SSSR count). The average Bonchev–Trinajstić information content (AvgIpc) is 3.27. The quantitative estimate of drug-likeness (QED) is 0.215. The van der Waals surface area contributed by atoms with Gasteiger partial charge in [0.15, 0.2) is 0 Å². The molecule has 0 spiro atoms. The third-order valence-corrected chi connectivity index (χ3v) is 6.52. The maximum atomic E-state index is 13.1. The molecule has 0 bridgehead atoms. The molecule has 1 fully saturated rings. The van der Waals surface area contributed by atoms with Gasteiger partial charge in [-0.3, -0.25) is 19.2 Å². The number of likely N-dealkylation sites (tertiary alicyclic amines) is 1. The highest BCUT2D eigenvalue weighted by Crippen LogP contribution is 2.20. The first-order valence-electron chi connectivity index (χ1n) is 11.2. The Hall–Kier alpha value is -2.34. The highest BCUT2D eigenvalue weighted by molar-refractivity contribution is 7.98. The summed E-state index contributed by atoms with van der Waals surface area (Å²) >= 11 is 1.56. The number of hydrogen-bond donors (Lipinski definition) is 5. The van der Waals surface area contributed by atoms with E-state index >= 15 is 0 Å². The number of carboxylic acid groups (broad SMARTS) is 1. The normalized spacial score (nSPS) is 19.3. The lowest BCUT2D eigenvalue weighted by Crippen LogP contribution is -2.58. The molecule has 0 radical (unpaired) electrons. The van der Waals surface area contributed by atoms with Crippen LogP contribution < -0.4 is 22.1 Å². The molecule has 1 heterocycles. The first-order valence-corrected chi connectivity index (χ1v) is 12.6. The molecule has 1 aliphatic heterocycles. The van der Waals surface area contributed by atoms with Crippen LogP contribution in [-0.4, -0.2) is 82.3 Å². The van der Waals surface area contributed by atoms with E-state index < -0.39 is 53.8 Å². The maximum Gasteiger partial charge on any atom is 0.326 e. The van der Waals surface area contributed by atoms with E-state index in [1.165, 1.54) is 4.90 Å². The van der Waals surface area contributed by atoms with Crippen molar-refractivity contribution in [3.8, 4) is 0 Å². The summed E-state index contributed by atoms with van der Waals surface area (Å²) in [5.41, 5.74) is 11.2. The van der Waals surface area contributed by atoms with Crippen molar-refractivity contribution in [2.45, 2.75) is 76.5 Å². The zero-order chi connectivity index (χ0) is 25.1. The molecule has 0 saturated carbocycles. The third-order valence-electron chi connectivity index (χ3n) is 5.88. The predicted octanol–water partition coefficient (Wildman–Crippen LogP) is -0.576. The number of thioether (sulfide) groups is 1. The molecule has 5 unspecified atom stereocenters. The summed E-state index contributed by atoms with van der Waals surface area (Å²) in [7, 11) is 0. The van der Waals surface area contributed by atoms with Gasteiger partial charge >= 0.3 is 5.97 Å². The number of hydrogen-bond acceptors (Lipinski definition) is 7. The Kier molecular flexibility index (Phi) is 12.2. The zero-order valence-corrected chi connectivity index (χ0v) is 20.4. The van der Waals surface area contributed by atoms with Crippen LogP contribution in [-0.2, 0) is 24.0 Å². The van der Waals surface area contributed by atoms with E-state index in [1.54, 1.807) is 18.7 Å². The minimum absolute atomic E-state index is 0.0723. The number of amides is 4. The Balaban J connectivity index is 3.02. The molecule has 188 valence electrons. The van der Waals surface area contributed by atoms with Gasteiger partial charge in [-0.05, 0) is 43.6 Å². The lowest BCUT2D eigenvalue weighted by atomic mass is 9.97. The van der Waals surface area contributed by atoms with Gasteiger partial charge in [-0.1, -0.05) is 20.3 Å². The molecular formula is C21H37N5O6S. The van der Waals surface area contributed by atoms with Gasteiger partial charge < -0.3 is 32.1 Å². The summed E-state index contributed by atoms with van der Waals surface area (Å²) in [6.07, 6.45) is 3.53. The highest BCUT2D eigenvalue weighted by atomic mass is 32.2. The van der Waals surface area contributed by atoms with Crippen molar-refractivity contribution < 1.29 is 29.1 Å². The summed E-state index contributed by atoms with van der Waals surface area (Å²) in [5.74, 6) is -2.97. The first-order chi connectivity index (χ1) is 15.5.